The second kappa shape index (κ2) is 6.81. The first-order valence-corrected chi connectivity index (χ1v) is 8.49. The average molecular weight is 331 g/mol. The predicted molar refractivity (Wildman–Crippen MR) is 90.6 cm³/mol. The van der Waals surface area contributed by atoms with Crippen LogP contribution in [-0.4, -0.2) is 41.1 Å². The zero-order valence-corrected chi connectivity index (χ0v) is 14.5. The highest BCUT2D eigenvalue weighted by Gasteiger charge is 2.30. The number of furan rings is 1. The normalized spacial score (nSPS) is 19.4. The molecule has 24 heavy (non-hydrogen) atoms. The Morgan fingerprint density at radius 3 is 3.00 bits per heavy atom. The van der Waals surface area contributed by atoms with Crippen molar-refractivity contribution in [2.24, 2.45) is 5.92 Å². The zero-order chi connectivity index (χ0) is 17.2. The van der Waals surface area contributed by atoms with Crippen LogP contribution in [0.1, 0.15) is 44.1 Å². The summed E-state index contributed by atoms with van der Waals surface area (Å²) in [6, 6.07) is 5.13. The topological polar surface area (TPSA) is 71.5 Å². The molecule has 1 saturated heterocycles. The molecule has 0 aliphatic carbocycles. The molecule has 1 N–H and O–H groups in total. The lowest BCUT2D eigenvalue weighted by atomic mass is 9.93. The monoisotopic (exact) mass is 331 g/mol. The third-order valence-electron chi connectivity index (χ3n) is 4.70. The number of rotatable bonds is 5. The summed E-state index contributed by atoms with van der Waals surface area (Å²) in [6.45, 7) is 9.36. The molecule has 130 valence electrons. The second-order valence-corrected chi connectivity index (χ2v) is 7.24. The molecule has 2 aromatic rings. The largest absolute Gasteiger partial charge is 0.461 e. The van der Waals surface area contributed by atoms with Crippen molar-refractivity contribution in [1.29, 1.82) is 0 Å². The van der Waals surface area contributed by atoms with Gasteiger partial charge >= 0.3 is 0 Å². The van der Waals surface area contributed by atoms with Crippen LogP contribution >= 0.6 is 0 Å². The van der Waals surface area contributed by atoms with E-state index in [1.807, 2.05) is 0 Å². The highest BCUT2D eigenvalue weighted by atomic mass is 16.5. The van der Waals surface area contributed by atoms with Crippen molar-refractivity contribution < 1.29 is 13.7 Å². The fraction of sp³-hybridized carbons (Fsp3) is 0.556. The molecule has 1 aliphatic rings. The van der Waals surface area contributed by atoms with Gasteiger partial charge in [0.2, 0.25) is 5.76 Å². The standard InChI is InChI=1S/C18H25N3O3/c1-13-6-4-8-21(11-13)18(2,3)12-19-17(22)14-10-16(24-20-14)15-7-5-9-23-15/h5,7,9-10,13H,4,6,8,11-12H2,1-3H3,(H,19,22). The maximum atomic E-state index is 12.3. The summed E-state index contributed by atoms with van der Waals surface area (Å²) in [6.07, 6.45) is 4.06. The van der Waals surface area contributed by atoms with Gasteiger partial charge in [0.05, 0.1) is 6.26 Å². The van der Waals surface area contributed by atoms with Gasteiger partial charge in [0.15, 0.2) is 11.5 Å². The highest BCUT2D eigenvalue weighted by molar-refractivity contribution is 5.92. The molecule has 0 aromatic carbocycles. The molecule has 1 atom stereocenters. The van der Waals surface area contributed by atoms with Gasteiger partial charge in [0, 0.05) is 24.7 Å². The van der Waals surface area contributed by atoms with E-state index in [9.17, 15) is 4.79 Å². The van der Waals surface area contributed by atoms with Gasteiger partial charge in [-0.2, -0.15) is 0 Å². The van der Waals surface area contributed by atoms with Crippen LogP contribution < -0.4 is 5.32 Å². The van der Waals surface area contributed by atoms with Gasteiger partial charge in [-0.3, -0.25) is 9.69 Å². The predicted octanol–water partition coefficient (Wildman–Crippen LogP) is 3.17. The number of piperidine rings is 1. The van der Waals surface area contributed by atoms with E-state index in [1.54, 1.807) is 24.5 Å². The fourth-order valence-corrected chi connectivity index (χ4v) is 3.16. The molecule has 1 amide bonds. The van der Waals surface area contributed by atoms with Crippen LogP contribution in [0.15, 0.2) is 33.4 Å². The van der Waals surface area contributed by atoms with Crippen LogP contribution in [0, 0.1) is 5.92 Å². The van der Waals surface area contributed by atoms with Crippen LogP contribution in [0.2, 0.25) is 0 Å². The molecule has 2 aromatic heterocycles. The number of nitrogens with zero attached hydrogens (tertiary/aromatic N) is 2. The quantitative estimate of drug-likeness (QED) is 0.911. The molecule has 3 heterocycles. The number of carbonyl (C=O) groups is 1. The van der Waals surface area contributed by atoms with Crippen molar-refractivity contribution in [2.75, 3.05) is 19.6 Å². The lowest BCUT2D eigenvalue weighted by Gasteiger charge is -2.43. The molecule has 6 heteroatoms. The summed E-state index contributed by atoms with van der Waals surface area (Å²) in [5.74, 6) is 1.49. The molecular formula is C18H25N3O3. The molecule has 0 radical (unpaired) electrons. The first-order chi connectivity index (χ1) is 11.5. The van der Waals surface area contributed by atoms with Crippen molar-refractivity contribution in [1.82, 2.24) is 15.4 Å². The zero-order valence-electron chi connectivity index (χ0n) is 14.5. The molecule has 1 aliphatic heterocycles. The Morgan fingerprint density at radius 2 is 2.29 bits per heavy atom. The summed E-state index contributed by atoms with van der Waals surface area (Å²) in [5.41, 5.74) is 0.182. The average Bonchev–Trinajstić information content (AvgIpc) is 3.23. The number of carbonyl (C=O) groups excluding carboxylic acids is 1. The third-order valence-corrected chi connectivity index (χ3v) is 4.70. The van der Waals surface area contributed by atoms with Crippen molar-refractivity contribution >= 4 is 5.91 Å². The lowest BCUT2D eigenvalue weighted by molar-refractivity contribution is 0.0654. The Labute approximate surface area is 142 Å². The minimum atomic E-state index is -0.227. The number of aromatic nitrogens is 1. The number of nitrogens with one attached hydrogen (secondary N) is 1. The van der Waals surface area contributed by atoms with E-state index in [1.165, 1.54) is 12.8 Å². The molecule has 0 bridgehead atoms. The Hall–Kier alpha value is -2.08. The van der Waals surface area contributed by atoms with E-state index in [-0.39, 0.29) is 17.1 Å². The first-order valence-electron chi connectivity index (χ1n) is 8.49. The molecule has 0 spiro atoms. The van der Waals surface area contributed by atoms with Crippen LogP contribution in [0.5, 0.6) is 0 Å². The van der Waals surface area contributed by atoms with Gasteiger partial charge in [0.1, 0.15) is 0 Å². The van der Waals surface area contributed by atoms with E-state index in [0.717, 1.165) is 13.1 Å². The molecular weight excluding hydrogens is 306 g/mol. The van der Waals surface area contributed by atoms with Crippen LogP contribution in [-0.2, 0) is 0 Å². The Bertz CT molecular complexity index is 676. The van der Waals surface area contributed by atoms with Crippen molar-refractivity contribution in [3.63, 3.8) is 0 Å². The van der Waals surface area contributed by atoms with Gasteiger partial charge < -0.3 is 14.3 Å². The van der Waals surface area contributed by atoms with Gasteiger partial charge in [0.25, 0.3) is 5.91 Å². The lowest BCUT2D eigenvalue weighted by Crippen LogP contribution is -2.54. The maximum Gasteiger partial charge on any atom is 0.273 e. The SMILES string of the molecule is CC1CCCN(C(C)(C)CNC(=O)c2cc(-c3ccco3)on2)C1. The Balaban J connectivity index is 1.58. The molecule has 6 nitrogen and oxygen atoms in total. The Morgan fingerprint density at radius 1 is 1.46 bits per heavy atom. The van der Waals surface area contributed by atoms with Gasteiger partial charge in [-0.15, -0.1) is 0 Å². The van der Waals surface area contributed by atoms with Crippen molar-refractivity contribution in [3.05, 3.63) is 30.2 Å². The van der Waals surface area contributed by atoms with E-state index in [2.05, 4.69) is 36.1 Å². The minimum absolute atomic E-state index is 0.0854. The Kier molecular flexibility index (Phi) is 4.76. The first kappa shape index (κ1) is 16.8. The third kappa shape index (κ3) is 3.70. The van der Waals surface area contributed by atoms with Gasteiger partial charge in [-0.05, 0) is 51.3 Å². The highest BCUT2D eigenvalue weighted by Crippen LogP contribution is 2.24. The minimum Gasteiger partial charge on any atom is -0.461 e. The van der Waals surface area contributed by atoms with E-state index in [4.69, 9.17) is 8.94 Å². The molecule has 3 rings (SSSR count). The van der Waals surface area contributed by atoms with Gasteiger partial charge in [-0.1, -0.05) is 12.1 Å². The van der Waals surface area contributed by atoms with E-state index < -0.39 is 0 Å². The number of amides is 1. The maximum absolute atomic E-state index is 12.3. The van der Waals surface area contributed by atoms with E-state index in [0.29, 0.717) is 24.0 Å². The summed E-state index contributed by atoms with van der Waals surface area (Å²) < 4.78 is 10.4. The summed E-state index contributed by atoms with van der Waals surface area (Å²) >= 11 is 0. The summed E-state index contributed by atoms with van der Waals surface area (Å²) in [5, 5.41) is 6.81. The number of likely N-dealkylation sites (tertiary alicyclic amines) is 1. The molecule has 0 saturated carbocycles. The second-order valence-electron chi connectivity index (χ2n) is 7.24. The van der Waals surface area contributed by atoms with Gasteiger partial charge in [-0.25, -0.2) is 0 Å². The molecule has 1 fully saturated rings. The van der Waals surface area contributed by atoms with Crippen molar-refractivity contribution in [3.8, 4) is 11.5 Å². The molecule has 1 unspecified atom stereocenters. The van der Waals surface area contributed by atoms with E-state index >= 15 is 0 Å². The number of hydrogen-bond acceptors (Lipinski definition) is 5. The smallest absolute Gasteiger partial charge is 0.273 e. The summed E-state index contributed by atoms with van der Waals surface area (Å²) in [4.78, 5) is 14.8. The van der Waals surface area contributed by atoms with Crippen molar-refractivity contribution in [2.45, 2.75) is 39.2 Å². The number of hydrogen-bond donors (Lipinski definition) is 1. The van der Waals surface area contributed by atoms with Crippen LogP contribution in [0.4, 0.5) is 0 Å². The summed E-state index contributed by atoms with van der Waals surface area (Å²) in [7, 11) is 0. The fourth-order valence-electron chi connectivity index (χ4n) is 3.16. The van der Waals surface area contributed by atoms with Crippen LogP contribution in [0.3, 0.4) is 0 Å². The van der Waals surface area contributed by atoms with Crippen LogP contribution in [0.25, 0.3) is 11.5 Å².